The monoisotopic (exact) mass is 232 g/mol. The lowest BCUT2D eigenvalue weighted by atomic mass is 10.0. The maximum atomic E-state index is 11.6. The van der Waals surface area contributed by atoms with E-state index in [2.05, 4.69) is 0 Å². The van der Waals surface area contributed by atoms with Crippen molar-refractivity contribution in [1.82, 2.24) is 0 Å². The zero-order valence-electron chi connectivity index (χ0n) is 10.3. The highest BCUT2D eigenvalue weighted by atomic mass is 16.5. The van der Waals surface area contributed by atoms with Gasteiger partial charge in [0.25, 0.3) is 0 Å². The van der Waals surface area contributed by atoms with Gasteiger partial charge in [0.1, 0.15) is 5.57 Å². The highest BCUT2D eigenvalue weighted by Gasteiger charge is 2.15. The van der Waals surface area contributed by atoms with Crippen molar-refractivity contribution >= 4 is 17.8 Å². The molecule has 1 rings (SSSR count). The van der Waals surface area contributed by atoms with Gasteiger partial charge in [0.2, 0.25) is 0 Å². The van der Waals surface area contributed by atoms with Crippen LogP contribution in [0, 0.1) is 6.92 Å². The summed E-state index contributed by atoms with van der Waals surface area (Å²) in [5, 5.41) is 0. The Balaban J connectivity index is 3.11. The van der Waals surface area contributed by atoms with E-state index in [1.807, 2.05) is 31.2 Å². The summed E-state index contributed by atoms with van der Waals surface area (Å²) in [6, 6.07) is 7.55. The van der Waals surface area contributed by atoms with Crippen LogP contribution in [0.2, 0.25) is 0 Å². The van der Waals surface area contributed by atoms with Crippen molar-refractivity contribution in [2.75, 3.05) is 6.61 Å². The Kier molecular flexibility index (Phi) is 4.64. The van der Waals surface area contributed by atoms with Gasteiger partial charge >= 0.3 is 5.97 Å². The van der Waals surface area contributed by atoms with E-state index in [4.69, 9.17) is 4.74 Å². The average Bonchev–Trinajstić information content (AvgIpc) is 2.27. The number of esters is 1. The fraction of sp³-hybridized carbons (Fsp3) is 0.286. The molecule has 0 spiro atoms. The van der Waals surface area contributed by atoms with Crippen LogP contribution in [0.4, 0.5) is 0 Å². The SMILES string of the molecule is CCOC(=O)/C(=C/c1ccccc1C)C(C)=O. The molecule has 0 aliphatic carbocycles. The summed E-state index contributed by atoms with van der Waals surface area (Å²) >= 11 is 0. The Morgan fingerprint density at radius 2 is 1.94 bits per heavy atom. The van der Waals surface area contributed by atoms with Gasteiger partial charge in [0.05, 0.1) is 6.61 Å². The normalized spacial score (nSPS) is 11.1. The topological polar surface area (TPSA) is 43.4 Å². The van der Waals surface area contributed by atoms with E-state index >= 15 is 0 Å². The Labute approximate surface area is 101 Å². The van der Waals surface area contributed by atoms with Crippen LogP contribution in [0.15, 0.2) is 29.8 Å². The predicted octanol–water partition coefficient (Wildman–Crippen LogP) is 2.53. The lowest BCUT2D eigenvalue weighted by Crippen LogP contribution is -2.13. The third kappa shape index (κ3) is 3.55. The summed E-state index contributed by atoms with van der Waals surface area (Å²) in [5.41, 5.74) is 1.95. The van der Waals surface area contributed by atoms with Crippen molar-refractivity contribution in [3.8, 4) is 0 Å². The number of carbonyl (C=O) groups excluding carboxylic acids is 2. The maximum Gasteiger partial charge on any atom is 0.341 e. The molecule has 0 unspecified atom stereocenters. The highest BCUT2D eigenvalue weighted by molar-refractivity contribution is 6.19. The van der Waals surface area contributed by atoms with Crippen LogP contribution in [0.3, 0.4) is 0 Å². The Morgan fingerprint density at radius 3 is 2.47 bits per heavy atom. The third-order valence-electron chi connectivity index (χ3n) is 2.36. The van der Waals surface area contributed by atoms with Crippen molar-refractivity contribution in [1.29, 1.82) is 0 Å². The summed E-state index contributed by atoms with van der Waals surface area (Å²) in [7, 11) is 0. The van der Waals surface area contributed by atoms with Gasteiger partial charge in [-0.05, 0) is 38.0 Å². The molecule has 17 heavy (non-hydrogen) atoms. The first-order chi connectivity index (χ1) is 8.06. The summed E-state index contributed by atoms with van der Waals surface area (Å²) < 4.78 is 4.85. The molecular formula is C14H16O3. The fourth-order valence-electron chi connectivity index (χ4n) is 1.42. The Bertz CT molecular complexity index is 458. The number of Topliss-reactive ketones (excluding diaryl/α,β-unsaturated/α-hetero) is 1. The molecule has 0 aromatic heterocycles. The number of ether oxygens (including phenoxy) is 1. The number of hydrogen-bond donors (Lipinski definition) is 0. The minimum absolute atomic E-state index is 0.0844. The van der Waals surface area contributed by atoms with Crippen LogP contribution in [0.1, 0.15) is 25.0 Å². The zero-order chi connectivity index (χ0) is 12.8. The van der Waals surface area contributed by atoms with Crippen molar-refractivity contribution in [2.45, 2.75) is 20.8 Å². The van der Waals surface area contributed by atoms with Crippen LogP contribution >= 0.6 is 0 Å². The molecule has 0 aliphatic heterocycles. The van der Waals surface area contributed by atoms with Crippen molar-refractivity contribution in [3.63, 3.8) is 0 Å². The molecule has 0 atom stereocenters. The summed E-state index contributed by atoms with van der Waals surface area (Å²) in [6.07, 6.45) is 1.58. The zero-order valence-corrected chi connectivity index (χ0v) is 10.3. The van der Waals surface area contributed by atoms with Crippen LogP contribution in [-0.2, 0) is 14.3 Å². The van der Waals surface area contributed by atoms with E-state index < -0.39 is 5.97 Å². The fourth-order valence-corrected chi connectivity index (χ4v) is 1.42. The highest BCUT2D eigenvalue weighted by Crippen LogP contribution is 2.13. The van der Waals surface area contributed by atoms with E-state index in [1.54, 1.807) is 13.0 Å². The number of hydrogen-bond acceptors (Lipinski definition) is 3. The number of benzene rings is 1. The van der Waals surface area contributed by atoms with E-state index in [-0.39, 0.29) is 18.0 Å². The van der Waals surface area contributed by atoms with Gasteiger partial charge in [-0.25, -0.2) is 4.79 Å². The predicted molar refractivity (Wildman–Crippen MR) is 66.5 cm³/mol. The first-order valence-electron chi connectivity index (χ1n) is 5.51. The molecule has 90 valence electrons. The standard InChI is InChI=1S/C14H16O3/c1-4-17-14(16)13(11(3)15)9-12-8-6-5-7-10(12)2/h5-9H,4H2,1-3H3/b13-9+. The minimum Gasteiger partial charge on any atom is -0.462 e. The Hall–Kier alpha value is -1.90. The Morgan fingerprint density at radius 1 is 1.29 bits per heavy atom. The van der Waals surface area contributed by atoms with E-state index in [0.717, 1.165) is 11.1 Å². The first-order valence-corrected chi connectivity index (χ1v) is 5.51. The molecule has 0 bridgehead atoms. The molecule has 3 heteroatoms. The van der Waals surface area contributed by atoms with Gasteiger partial charge in [-0.15, -0.1) is 0 Å². The van der Waals surface area contributed by atoms with Crippen molar-refractivity contribution in [2.24, 2.45) is 0 Å². The molecule has 0 aliphatic rings. The number of carbonyl (C=O) groups is 2. The molecule has 1 aromatic carbocycles. The van der Waals surface area contributed by atoms with Gasteiger partial charge in [-0.3, -0.25) is 4.79 Å². The smallest absolute Gasteiger partial charge is 0.341 e. The molecule has 0 saturated carbocycles. The van der Waals surface area contributed by atoms with Crippen molar-refractivity contribution in [3.05, 3.63) is 41.0 Å². The second-order valence-corrected chi connectivity index (χ2v) is 3.69. The second-order valence-electron chi connectivity index (χ2n) is 3.69. The molecule has 0 N–H and O–H groups in total. The third-order valence-corrected chi connectivity index (χ3v) is 2.36. The molecular weight excluding hydrogens is 216 g/mol. The lowest BCUT2D eigenvalue weighted by Gasteiger charge is -2.05. The number of ketones is 1. The van der Waals surface area contributed by atoms with Crippen molar-refractivity contribution < 1.29 is 14.3 Å². The molecule has 0 fully saturated rings. The average molecular weight is 232 g/mol. The number of aryl methyl sites for hydroxylation is 1. The lowest BCUT2D eigenvalue weighted by molar-refractivity contribution is -0.139. The minimum atomic E-state index is -0.566. The summed E-state index contributed by atoms with van der Waals surface area (Å²) in [6.45, 7) is 5.26. The molecule has 0 heterocycles. The van der Waals surface area contributed by atoms with Gasteiger partial charge < -0.3 is 4.74 Å². The van der Waals surface area contributed by atoms with Crippen LogP contribution in [0.25, 0.3) is 6.08 Å². The van der Waals surface area contributed by atoms with Gasteiger partial charge in [0, 0.05) is 0 Å². The van der Waals surface area contributed by atoms with Crippen LogP contribution < -0.4 is 0 Å². The largest absolute Gasteiger partial charge is 0.462 e. The second kappa shape index (κ2) is 5.99. The molecule has 0 amide bonds. The summed E-state index contributed by atoms with van der Waals surface area (Å²) in [5.74, 6) is -0.852. The molecule has 1 aromatic rings. The molecule has 3 nitrogen and oxygen atoms in total. The van der Waals surface area contributed by atoms with Crippen LogP contribution in [0.5, 0.6) is 0 Å². The molecule has 0 saturated heterocycles. The number of rotatable bonds is 4. The van der Waals surface area contributed by atoms with Gasteiger partial charge in [-0.2, -0.15) is 0 Å². The first kappa shape index (κ1) is 13.2. The van der Waals surface area contributed by atoms with Gasteiger partial charge in [-0.1, -0.05) is 24.3 Å². The summed E-state index contributed by atoms with van der Waals surface area (Å²) in [4.78, 5) is 23.0. The maximum absolute atomic E-state index is 11.6. The quantitative estimate of drug-likeness (QED) is 0.347. The van der Waals surface area contributed by atoms with E-state index in [1.165, 1.54) is 6.92 Å². The molecule has 0 radical (unpaired) electrons. The van der Waals surface area contributed by atoms with E-state index in [0.29, 0.717) is 0 Å². The van der Waals surface area contributed by atoms with E-state index in [9.17, 15) is 9.59 Å². The van der Waals surface area contributed by atoms with Gasteiger partial charge in [0.15, 0.2) is 5.78 Å². The van der Waals surface area contributed by atoms with Crippen LogP contribution in [-0.4, -0.2) is 18.4 Å².